The molecule has 1 N–H and O–H groups in total. The van der Waals surface area contributed by atoms with Gasteiger partial charge in [0.2, 0.25) is 0 Å². The van der Waals surface area contributed by atoms with E-state index in [1.807, 2.05) is 56.0 Å². The van der Waals surface area contributed by atoms with Crippen LogP contribution in [-0.4, -0.2) is 25.5 Å². The Morgan fingerprint density at radius 1 is 1.10 bits per heavy atom. The molecule has 0 fully saturated rings. The Morgan fingerprint density at radius 3 is 2.74 bits per heavy atom. The van der Waals surface area contributed by atoms with Gasteiger partial charge in [-0.2, -0.15) is 10.2 Å². The highest BCUT2D eigenvalue weighted by molar-refractivity contribution is 6.02. The van der Waals surface area contributed by atoms with E-state index in [9.17, 15) is 4.79 Å². The maximum absolute atomic E-state index is 12.5. The number of nitrogens with zero attached hydrogens (tertiary/aromatic N) is 4. The Bertz CT molecular complexity index is 1190. The molecule has 0 spiro atoms. The molecule has 0 aliphatic heterocycles. The van der Waals surface area contributed by atoms with Gasteiger partial charge in [-0.3, -0.25) is 14.2 Å². The van der Waals surface area contributed by atoms with E-state index >= 15 is 0 Å². The van der Waals surface area contributed by atoms with Crippen molar-refractivity contribution in [1.29, 1.82) is 0 Å². The van der Waals surface area contributed by atoms with Crippen LogP contribution in [0.1, 0.15) is 39.9 Å². The number of furan rings is 1. The number of nitrogens with one attached hydrogen (secondary N) is 1. The van der Waals surface area contributed by atoms with Crippen molar-refractivity contribution >= 4 is 11.6 Å². The van der Waals surface area contributed by atoms with Crippen molar-refractivity contribution in [1.82, 2.24) is 19.6 Å². The zero-order valence-corrected chi connectivity index (χ0v) is 17.8. The van der Waals surface area contributed by atoms with Gasteiger partial charge in [0, 0.05) is 24.5 Å². The average Bonchev–Trinajstić information content (AvgIpc) is 3.50. The average molecular weight is 419 g/mol. The zero-order chi connectivity index (χ0) is 21.8. The van der Waals surface area contributed by atoms with Crippen molar-refractivity contribution in [3.8, 4) is 5.75 Å². The van der Waals surface area contributed by atoms with Gasteiger partial charge in [0.25, 0.3) is 5.91 Å². The van der Waals surface area contributed by atoms with Crippen molar-refractivity contribution < 1.29 is 13.9 Å². The van der Waals surface area contributed by atoms with Crippen molar-refractivity contribution in [2.45, 2.75) is 40.5 Å². The molecule has 0 aliphatic carbocycles. The van der Waals surface area contributed by atoms with Crippen molar-refractivity contribution in [3.05, 3.63) is 83.3 Å². The van der Waals surface area contributed by atoms with Crippen LogP contribution < -0.4 is 10.1 Å². The lowest BCUT2D eigenvalue weighted by Gasteiger charge is -2.08. The lowest BCUT2D eigenvalue weighted by molar-refractivity contribution is 0.0992. The molecule has 160 valence electrons. The maximum atomic E-state index is 12.5. The number of carbonyl (C=O) groups is 1. The van der Waals surface area contributed by atoms with Crippen LogP contribution in [-0.2, 0) is 19.7 Å². The molecule has 3 heterocycles. The van der Waals surface area contributed by atoms with E-state index < -0.39 is 0 Å². The summed E-state index contributed by atoms with van der Waals surface area (Å²) in [5.41, 5.74) is 3.81. The largest absolute Gasteiger partial charge is 0.485 e. The van der Waals surface area contributed by atoms with Gasteiger partial charge in [0.1, 0.15) is 18.1 Å². The molecule has 1 aromatic carbocycles. The van der Waals surface area contributed by atoms with E-state index in [1.54, 1.807) is 29.2 Å². The quantitative estimate of drug-likeness (QED) is 0.463. The first-order chi connectivity index (χ1) is 15.0. The normalized spacial score (nSPS) is 10.9. The van der Waals surface area contributed by atoms with Gasteiger partial charge < -0.3 is 14.5 Å². The van der Waals surface area contributed by atoms with Gasteiger partial charge in [-0.25, -0.2) is 0 Å². The molecule has 8 heteroatoms. The fraction of sp³-hybridized carbons (Fsp3) is 0.261. The van der Waals surface area contributed by atoms with Crippen LogP contribution in [0.5, 0.6) is 5.75 Å². The fourth-order valence-electron chi connectivity index (χ4n) is 3.14. The minimum atomic E-state index is -0.337. The molecule has 0 unspecified atom stereocenters. The Hall–Kier alpha value is -3.81. The molecule has 1 amide bonds. The van der Waals surface area contributed by atoms with Crippen molar-refractivity contribution in [3.63, 3.8) is 0 Å². The number of aryl methyl sites for hydroxylation is 3. The van der Waals surface area contributed by atoms with Gasteiger partial charge in [0.05, 0.1) is 24.6 Å². The van der Waals surface area contributed by atoms with Crippen LogP contribution in [0.2, 0.25) is 0 Å². The molecule has 0 radical (unpaired) electrons. The number of rotatable bonds is 8. The Balaban J connectivity index is 1.33. The number of aromatic nitrogens is 4. The third kappa shape index (κ3) is 5.03. The summed E-state index contributed by atoms with van der Waals surface area (Å²) in [5.74, 6) is 1.27. The second kappa shape index (κ2) is 8.91. The van der Waals surface area contributed by atoms with E-state index in [-0.39, 0.29) is 18.3 Å². The van der Waals surface area contributed by atoms with Gasteiger partial charge in [-0.05, 0) is 50.1 Å². The summed E-state index contributed by atoms with van der Waals surface area (Å²) in [5, 5.41) is 11.4. The number of hydrogen-bond donors (Lipinski definition) is 1. The van der Waals surface area contributed by atoms with Crippen LogP contribution >= 0.6 is 0 Å². The van der Waals surface area contributed by atoms with E-state index in [2.05, 4.69) is 15.5 Å². The molecule has 8 nitrogen and oxygen atoms in total. The minimum absolute atomic E-state index is 0.219. The molecular weight excluding hydrogens is 394 g/mol. The van der Waals surface area contributed by atoms with E-state index in [4.69, 9.17) is 9.15 Å². The van der Waals surface area contributed by atoms with Gasteiger partial charge in [-0.1, -0.05) is 12.1 Å². The molecule has 4 aromatic rings. The highest BCUT2D eigenvalue weighted by atomic mass is 16.5. The summed E-state index contributed by atoms with van der Waals surface area (Å²) >= 11 is 0. The third-order valence-corrected chi connectivity index (χ3v) is 4.85. The highest BCUT2D eigenvalue weighted by Crippen LogP contribution is 2.21. The Labute approximate surface area is 180 Å². The molecule has 0 aliphatic rings. The maximum Gasteiger partial charge on any atom is 0.291 e. The van der Waals surface area contributed by atoms with Crippen LogP contribution in [0.4, 0.5) is 5.69 Å². The number of hydrogen-bond acceptors (Lipinski definition) is 5. The first kappa shape index (κ1) is 20.5. The van der Waals surface area contributed by atoms with Gasteiger partial charge in [-0.15, -0.1) is 0 Å². The number of ether oxygens (including phenoxy) is 1. The Morgan fingerprint density at radius 2 is 1.94 bits per heavy atom. The predicted molar refractivity (Wildman–Crippen MR) is 116 cm³/mol. The summed E-state index contributed by atoms with van der Waals surface area (Å²) < 4.78 is 15.1. The fourth-order valence-corrected chi connectivity index (χ4v) is 3.14. The number of carbonyl (C=O) groups excluding carboxylic acids is 1. The summed E-state index contributed by atoms with van der Waals surface area (Å²) in [6.07, 6.45) is 7.17. The number of anilines is 1. The van der Waals surface area contributed by atoms with Crippen LogP contribution in [0.25, 0.3) is 0 Å². The SMILES string of the molecule is CCn1cc(Cn2cc(NC(=O)c3ccc(COc4cc(C)ccc4C)o3)cn2)cn1. The highest BCUT2D eigenvalue weighted by Gasteiger charge is 2.13. The lowest BCUT2D eigenvalue weighted by Crippen LogP contribution is -2.10. The monoisotopic (exact) mass is 419 g/mol. The zero-order valence-electron chi connectivity index (χ0n) is 17.8. The molecule has 0 atom stereocenters. The lowest BCUT2D eigenvalue weighted by atomic mass is 10.1. The smallest absolute Gasteiger partial charge is 0.291 e. The first-order valence-corrected chi connectivity index (χ1v) is 10.1. The summed E-state index contributed by atoms with van der Waals surface area (Å²) in [7, 11) is 0. The number of benzene rings is 1. The molecule has 0 bridgehead atoms. The topological polar surface area (TPSA) is 87.1 Å². The van der Waals surface area contributed by atoms with Crippen LogP contribution in [0.3, 0.4) is 0 Å². The minimum Gasteiger partial charge on any atom is -0.485 e. The molecular formula is C23H25N5O3. The van der Waals surface area contributed by atoms with E-state index in [0.29, 0.717) is 18.0 Å². The standard InChI is InChI=1S/C23H25N5O3/c1-4-27-12-18(10-24-27)13-28-14-19(11-25-28)26-23(29)21-8-7-20(31-21)15-30-22-9-16(2)5-6-17(22)3/h5-12,14H,4,13,15H2,1-3H3,(H,26,29). The second-order valence-corrected chi connectivity index (χ2v) is 7.41. The Kier molecular flexibility index (Phi) is 5.88. The molecule has 3 aromatic heterocycles. The van der Waals surface area contributed by atoms with Crippen LogP contribution in [0.15, 0.2) is 59.5 Å². The number of amides is 1. The van der Waals surface area contributed by atoms with Gasteiger partial charge in [0.15, 0.2) is 5.76 Å². The second-order valence-electron chi connectivity index (χ2n) is 7.41. The molecule has 31 heavy (non-hydrogen) atoms. The van der Waals surface area contributed by atoms with Crippen molar-refractivity contribution in [2.24, 2.45) is 0 Å². The van der Waals surface area contributed by atoms with Gasteiger partial charge >= 0.3 is 0 Å². The summed E-state index contributed by atoms with van der Waals surface area (Å²) in [6, 6.07) is 9.42. The third-order valence-electron chi connectivity index (χ3n) is 4.85. The van der Waals surface area contributed by atoms with E-state index in [1.165, 1.54) is 0 Å². The molecule has 0 saturated heterocycles. The summed E-state index contributed by atoms with van der Waals surface area (Å²) in [6.45, 7) is 7.69. The molecule has 4 rings (SSSR count). The first-order valence-electron chi connectivity index (χ1n) is 10.1. The molecule has 0 saturated carbocycles. The summed E-state index contributed by atoms with van der Waals surface area (Å²) in [4.78, 5) is 12.5. The van der Waals surface area contributed by atoms with Crippen LogP contribution in [0, 0.1) is 13.8 Å². The van der Waals surface area contributed by atoms with Crippen molar-refractivity contribution in [2.75, 3.05) is 5.32 Å². The van der Waals surface area contributed by atoms with E-state index in [0.717, 1.165) is 29.0 Å². The predicted octanol–water partition coefficient (Wildman–Crippen LogP) is 4.19.